The van der Waals surface area contributed by atoms with Crippen LogP contribution < -0.4 is 15.8 Å². The number of rotatable bonds is 8. The van der Waals surface area contributed by atoms with Gasteiger partial charge in [0.05, 0.1) is 17.2 Å². The molecule has 0 fully saturated rings. The summed E-state index contributed by atoms with van der Waals surface area (Å²) < 4.78 is 10.4. The average molecular weight is 449 g/mol. The first-order valence-corrected chi connectivity index (χ1v) is 11.0. The molecule has 0 aliphatic rings. The van der Waals surface area contributed by atoms with Crippen molar-refractivity contribution in [3.63, 3.8) is 0 Å². The van der Waals surface area contributed by atoms with Crippen LogP contribution in [0.2, 0.25) is 0 Å². The average Bonchev–Trinajstić information content (AvgIpc) is 3.53. The second-order valence-electron chi connectivity index (χ2n) is 7.05. The molecule has 0 amide bonds. The number of aromatic amines is 2. The van der Waals surface area contributed by atoms with E-state index >= 15 is 0 Å². The minimum absolute atomic E-state index is 0.334. The molecule has 9 nitrogen and oxygen atoms in total. The highest BCUT2D eigenvalue weighted by Gasteiger charge is 2.18. The Bertz CT molecular complexity index is 1420. The van der Waals surface area contributed by atoms with Gasteiger partial charge >= 0.3 is 5.76 Å². The maximum Gasteiger partial charge on any atom is 0.439 e. The Morgan fingerprint density at radius 3 is 2.97 bits per heavy atom. The van der Waals surface area contributed by atoms with E-state index in [0.29, 0.717) is 23.1 Å². The van der Waals surface area contributed by atoms with Crippen LogP contribution in [-0.4, -0.2) is 38.2 Å². The van der Waals surface area contributed by atoms with Crippen LogP contribution in [0.3, 0.4) is 0 Å². The molecule has 4 aromatic heterocycles. The summed E-state index contributed by atoms with van der Waals surface area (Å²) in [6.45, 7) is 3.12. The summed E-state index contributed by atoms with van der Waals surface area (Å²) in [4.78, 5) is 27.5. The van der Waals surface area contributed by atoms with E-state index in [9.17, 15) is 4.79 Å². The highest BCUT2D eigenvalue weighted by molar-refractivity contribution is 7.19. The van der Waals surface area contributed by atoms with Crippen LogP contribution in [0.1, 0.15) is 12.5 Å². The lowest BCUT2D eigenvalue weighted by molar-refractivity contribution is 0.342. The Morgan fingerprint density at radius 1 is 1.19 bits per heavy atom. The first-order chi connectivity index (χ1) is 15.7. The minimum atomic E-state index is -0.610. The molecule has 5 rings (SSSR count). The van der Waals surface area contributed by atoms with Crippen molar-refractivity contribution in [2.24, 2.45) is 0 Å². The number of anilines is 1. The van der Waals surface area contributed by atoms with Gasteiger partial charge in [-0.05, 0) is 36.4 Å². The minimum Gasteiger partial charge on any atom is -0.492 e. The van der Waals surface area contributed by atoms with Crippen molar-refractivity contribution in [3.05, 3.63) is 65.0 Å². The van der Waals surface area contributed by atoms with E-state index in [1.807, 2.05) is 25.3 Å². The van der Waals surface area contributed by atoms with Gasteiger partial charge in [-0.15, -0.1) is 11.3 Å². The molecule has 1 aromatic carbocycles. The first kappa shape index (κ1) is 20.0. The second kappa shape index (κ2) is 8.67. The third kappa shape index (κ3) is 4.12. The number of benzene rings is 1. The van der Waals surface area contributed by atoms with Crippen LogP contribution in [0, 0.1) is 0 Å². The van der Waals surface area contributed by atoms with Crippen molar-refractivity contribution in [2.45, 2.75) is 13.3 Å². The van der Waals surface area contributed by atoms with Gasteiger partial charge in [0.15, 0.2) is 5.82 Å². The zero-order valence-electron chi connectivity index (χ0n) is 17.2. The molecule has 0 aliphatic carbocycles. The van der Waals surface area contributed by atoms with Gasteiger partial charge in [-0.3, -0.25) is 9.51 Å². The molecule has 162 valence electrons. The fraction of sp³-hybridized carbons (Fsp3) is 0.182. The smallest absolute Gasteiger partial charge is 0.439 e. The lowest BCUT2D eigenvalue weighted by atomic mass is 10.1. The Hall–Kier alpha value is -3.92. The van der Waals surface area contributed by atoms with Gasteiger partial charge in [0.2, 0.25) is 0 Å². The SMILES string of the molecule is CCOc1cc(-c2cc(NCCc3ccc4cc[nH]c4c3)ncn2)sc1-c1noc(=O)[nH]1. The zero-order chi connectivity index (χ0) is 21.9. The lowest BCUT2D eigenvalue weighted by Gasteiger charge is -2.07. The first-order valence-electron chi connectivity index (χ1n) is 10.1. The fourth-order valence-electron chi connectivity index (χ4n) is 3.43. The number of ether oxygens (including phenoxy) is 1. The summed E-state index contributed by atoms with van der Waals surface area (Å²) in [6, 6.07) is 12.3. The number of aromatic nitrogens is 5. The third-order valence-electron chi connectivity index (χ3n) is 4.91. The number of hydrogen-bond acceptors (Lipinski definition) is 8. The van der Waals surface area contributed by atoms with Gasteiger partial charge in [0, 0.05) is 30.4 Å². The van der Waals surface area contributed by atoms with Gasteiger partial charge in [-0.25, -0.2) is 14.8 Å². The van der Waals surface area contributed by atoms with Gasteiger partial charge < -0.3 is 15.0 Å². The van der Waals surface area contributed by atoms with E-state index in [-0.39, 0.29) is 0 Å². The van der Waals surface area contributed by atoms with Crippen molar-refractivity contribution in [2.75, 3.05) is 18.5 Å². The topological polar surface area (TPSA) is 122 Å². The van der Waals surface area contributed by atoms with Crippen LogP contribution in [0.25, 0.3) is 32.2 Å². The summed E-state index contributed by atoms with van der Waals surface area (Å²) in [7, 11) is 0. The molecule has 0 saturated carbocycles. The molecule has 3 N–H and O–H groups in total. The molecular formula is C22H20N6O3S. The monoisotopic (exact) mass is 448 g/mol. The zero-order valence-corrected chi connectivity index (χ0v) is 18.0. The lowest BCUT2D eigenvalue weighted by Crippen LogP contribution is -2.06. The van der Waals surface area contributed by atoms with E-state index in [1.165, 1.54) is 28.6 Å². The largest absolute Gasteiger partial charge is 0.492 e. The third-order valence-corrected chi connectivity index (χ3v) is 6.06. The van der Waals surface area contributed by atoms with E-state index in [0.717, 1.165) is 34.9 Å². The number of thiophene rings is 1. The summed E-state index contributed by atoms with van der Waals surface area (Å²) in [6.07, 6.45) is 4.34. The quantitative estimate of drug-likeness (QED) is 0.327. The van der Waals surface area contributed by atoms with E-state index in [1.54, 1.807) is 0 Å². The molecule has 10 heteroatoms. The summed E-state index contributed by atoms with van der Waals surface area (Å²) in [5.41, 5.74) is 3.13. The number of H-pyrrole nitrogens is 2. The summed E-state index contributed by atoms with van der Waals surface area (Å²) >= 11 is 1.41. The van der Waals surface area contributed by atoms with Crippen molar-refractivity contribution in [3.8, 4) is 27.0 Å². The summed E-state index contributed by atoms with van der Waals surface area (Å²) in [5.74, 6) is 1.08. The van der Waals surface area contributed by atoms with Crippen LogP contribution in [0.5, 0.6) is 5.75 Å². The molecule has 32 heavy (non-hydrogen) atoms. The van der Waals surface area contributed by atoms with Crippen LogP contribution in [-0.2, 0) is 6.42 Å². The number of fused-ring (bicyclic) bond motifs is 1. The van der Waals surface area contributed by atoms with Gasteiger partial charge in [-0.1, -0.05) is 17.3 Å². The summed E-state index contributed by atoms with van der Waals surface area (Å²) in [5, 5.41) is 8.35. The van der Waals surface area contributed by atoms with Crippen molar-refractivity contribution in [1.82, 2.24) is 25.1 Å². The molecule has 0 saturated heterocycles. The van der Waals surface area contributed by atoms with Gasteiger partial charge in [0.25, 0.3) is 0 Å². The van der Waals surface area contributed by atoms with Crippen LogP contribution in [0.4, 0.5) is 5.82 Å². The number of nitrogens with one attached hydrogen (secondary N) is 3. The molecule has 0 unspecified atom stereocenters. The highest BCUT2D eigenvalue weighted by atomic mass is 32.1. The van der Waals surface area contributed by atoms with Crippen molar-refractivity contribution >= 4 is 28.1 Å². The molecule has 0 bridgehead atoms. The van der Waals surface area contributed by atoms with Crippen LogP contribution in [0.15, 0.2) is 58.2 Å². The predicted octanol–water partition coefficient (Wildman–Crippen LogP) is 4.08. The van der Waals surface area contributed by atoms with Gasteiger partial charge in [-0.2, -0.15) is 0 Å². The number of nitrogens with zero attached hydrogens (tertiary/aromatic N) is 3. The normalized spacial score (nSPS) is 11.2. The van der Waals surface area contributed by atoms with Crippen LogP contribution >= 0.6 is 11.3 Å². The standard InChI is InChI=1S/C22H20N6O3S/c1-2-30-17-11-18(32-20(17)21-27-22(29)31-28-21)16-10-19(26-12-25-16)24-7-5-13-3-4-14-6-8-23-15(14)9-13/h3-4,6,8-12,23H,2,5,7H2,1H3,(H,24,25,26)(H,27,28,29). The van der Waals surface area contributed by atoms with E-state index in [4.69, 9.17) is 4.74 Å². The second-order valence-corrected chi connectivity index (χ2v) is 8.10. The Labute approximate surface area is 186 Å². The van der Waals surface area contributed by atoms with E-state index in [2.05, 4.69) is 59.2 Å². The molecule has 4 heterocycles. The van der Waals surface area contributed by atoms with Crippen molar-refractivity contribution in [1.29, 1.82) is 0 Å². The number of hydrogen-bond donors (Lipinski definition) is 3. The molecule has 0 atom stereocenters. The molecule has 5 aromatic rings. The maximum absolute atomic E-state index is 11.4. The molecule has 0 aliphatic heterocycles. The highest BCUT2D eigenvalue weighted by Crippen LogP contribution is 2.41. The predicted molar refractivity (Wildman–Crippen MR) is 123 cm³/mol. The molecular weight excluding hydrogens is 428 g/mol. The Morgan fingerprint density at radius 2 is 2.12 bits per heavy atom. The van der Waals surface area contributed by atoms with Crippen molar-refractivity contribution < 1.29 is 9.26 Å². The molecule has 0 spiro atoms. The maximum atomic E-state index is 11.4. The van der Waals surface area contributed by atoms with E-state index < -0.39 is 5.76 Å². The molecule has 0 radical (unpaired) electrons. The van der Waals surface area contributed by atoms with Gasteiger partial charge in [0.1, 0.15) is 22.8 Å². The Kier molecular flexibility index (Phi) is 5.42. The fourth-order valence-corrected chi connectivity index (χ4v) is 4.44. The Balaban J connectivity index is 1.32.